The van der Waals surface area contributed by atoms with E-state index in [-0.39, 0.29) is 11.8 Å². The van der Waals surface area contributed by atoms with Crippen LogP contribution in [0.3, 0.4) is 0 Å². The molecule has 6 nitrogen and oxygen atoms in total. The van der Waals surface area contributed by atoms with E-state index in [1.165, 1.54) is 11.8 Å². The van der Waals surface area contributed by atoms with Crippen molar-refractivity contribution in [2.24, 2.45) is 5.92 Å². The maximum absolute atomic E-state index is 10.7. The number of nitrogens with zero attached hydrogens (tertiary/aromatic N) is 4. The van der Waals surface area contributed by atoms with Gasteiger partial charge in [0, 0.05) is 6.54 Å². The van der Waals surface area contributed by atoms with Gasteiger partial charge in [-0.3, -0.25) is 4.79 Å². The molecule has 0 amide bonds. The Hall–Kier alpha value is -1.08. The smallest absolute Gasteiger partial charge is 0.313 e. The summed E-state index contributed by atoms with van der Waals surface area (Å²) in [5.74, 6) is 0.564. The zero-order valence-corrected chi connectivity index (χ0v) is 13.6. The molecule has 1 aromatic heterocycles. The Morgan fingerprint density at radius 1 is 1.40 bits per heavy atom. The van der Waals surface area contributed by atoms with Gasteiger partial charge in [-0.25, -0.2) is 0 Å². The van der Waals surface area contributed by atoms with Crippen LogP contribution in [0.15, 0.2) is 5.16 Å². The zero-order chi connectivity index (χ0) is 15.3. The lowest BCUT2D eigenvalue weighted by atomic mass is 10.0. The first-order valence-corrected chi connectivity index (χ1v) is 7.70. The molecule has 114 valence electrons. The normalized spacial score (nSPS) is 13.2. The molecule has 20 heavy (non-hydrogen) atoms. The lowest BCUT2D eigenvalue weighted by Crippen LogP contribution is -2.27. The second-order valence-electron chi connectivity index (χ2n) is 5.63. The summed E-state index contributed by atoms with van der Waals surface area (Å²) in [6.45, 7) is 7.18. The number of aromatic nitrogens is 3. The third-order valence-electron chi connectivity index (χ3n) is 2.84. The minimum absolute atomic E-state index is 0.00843. The number of hydrogen-bond donors (Lipinski definition) is 1. The minimum Gasteiger partial charge on any atom is -0.481 e. The average molecular weight is 300 g/mol. The lowest BCUT2D eigenvalue weighted by Gasteiger charge is -2.26. The highest BCUT2D eigenvalue weighted by Crippen LogP contribution is 2.26. The molecular weight excluding hydrogens is 276 g/mol. The van der Waals surface area contributed by atoms with E-state index in [1.54, 1.807) is 0 Å². The average Bonchev–Trinajstić information content (AvgIpc) is 2.65. The fourth-order valence-corrected chi connectivity index (χ4v) is 2.99. The fraction of sp³-hybridized carbons (Fsp3) is 0.769. The number of rotatable bonds is 8. The van der Waals surface area contributed by atoms with Crippen LogP contribution in [0.25, 0.3) is 0 Å². The van der Waals surface area contributed by atoms with Gasteiger partial charge in [-0.1, -0.05) is 25.6 Å². The van der Waals surface area contributed by atoms with Crippen LogP contribution in [0.1, 0.15) is 32.1 Å². The molecule has 0 aliphatic carbocycles. The number of thioether (sulfide) groups is 1. The predicted molar refractivity (Wildman–Crippen MR) is 80.2 cm³/mol. The van der Waals surface area contributed by atoms with Crippen molar-refractivity contribution < 1.29 is 9.90 Å². The summed E-state index contributed by atoms with van der Waals surface area (Å²) in [7, 11) is 4.08. The van der Waals surface area contributed by atoms with Crippen LogP contribution < -0.4 is 0 Å². The van der Waals surface area contributed by atoms with Crippen LogP contribution in [-0.4, -0.2) is 57.1 Å². The Labute approximate surface area is 124 Å². The molecule has 0 radical (unpaired) electrons. The Bertz CT molecular complexity index is 436. The van der Waals surface area contributed by atoms with Crippen molar-refractivity contribution in [2.45, 2.75) is 38.4 Å². The summed E-state index contributed by atoms with van der Waals surface area (Å²) in [5.41, 5.74) is 0. The van der Waals surface area contributed by atoms with Crippen LogP contribution in [0.5, 0.6) is 0 Å². The summed E-state index contributed by atoms with van der Waals surface area (Å²) in [6, 6.07) is 0.260. The molecule has 1 N–H and O–H groups in total. The second kappa shape index (κ2) is 7.64. The van der Waals surface area contributed by atoms with E-state index in [0.717, 1.165) is 18.8 Å². The number of aliphatic carboxylic acids is 1. The van der Waals surface area contributed by atoms with Crippen LogP contribution in [0.4, 0.5) is 0 Å². The standard InChI is InChI=1S/C13H24N4O2S/c1-9(2)6-11(7-16(4)5)17-10(3)14-15-13(17)20-8-12(18)19/h9,11H,6-8H2,1-5H3,(H,18,19). The first-order valence-electron chi connectivity index (χ1n) is 6.72. The van der Waals surface area contributed by atoms with E-state index in [0.29, 0.717) is 11.1 Å². The molecular formula is C13H24N4O2S. The topological polar surface area (TPSA) is 71.2 Å². The zero-order valence-electron chi connectivity index (χ0n) is 12.8. The maximum atomic E-state index is 10.7. The first-order chi connectivity index (χ1) is 9.31. The van der Waals surface area contributed by atoms with Crippen molar-refractivity contribution in [2.75, 3.05) is 26.4 Å². The number of hydrogen-bond acceptors (Lipinski definition) is 5. The monoisotopic (exact) mass is 300 g/mol. The van der Waals surface area contributed by atoms with Gasteiger partial charge in [0.2, 0.25) is 0 Å². The van der Waals surface area contributed by atoms with Gasteiger partial charge in [0.15, 0.2) is 5.16 Å². The van der Waals surface area contributed by atoms with Gasteiger partial charge in [-0.2, -0.15) is 0 Å². The van der Waals surface area contributed by atoms with Gasteiger partial charge in [-0.15, -0.1) is 10.2 Å². The quantitative estimate of drug-likeness (QED) is 0.740. The molecule has 0 aliphatic rings. The summed E-state index contributed by atoms with van der Waals surface area (Å²) in [6.07, 6.45) is 1.01. The predicted octanol–water partition coefficient (Wildman–Crippen LogP) is 1.91. The summed E-state index contributed by atoms with van der Waals surface area (Å²) >= 11 is 1.23. The van der Waals surface area contributed by atoms with E-state index in [1.807, 2.05) is 21.0 Å². The molecule has 1 atom stereocenters. The van der Waals surface area contributed by atoms with Gasteiger partial charge in [0.05, 0.1) is 11.8 Å². The van der Waals surface area contributed by atoms with Crippen molar-refractivity contribution in [1.82, 2.24) is 19.7 Å². The molecule has 0 fully saturated rings. The third-order valence-corrected chi connectivity index (χ3v) is 3.77. The molecule has 0 saturated carbocycles. The van der Waals surface area contributed by atoms with Crippen LogP contribution in [-0.2, 0) is 4.79 Å². The molecule has 1 rings (SSSR count). The largest absolute Gasteiger partial charge is 0.481 e. The summed E-state index contributed by atoms with van der Waals surface area (Å²) < 4.78 is 2.08. The van der Waals surface area contributed by atoms with Crippen LogP contribution in [0, 0.1) is 12.8 Å². The molecule has 0 aliphatic heterocycles. The molecule has 1 unspecified atom stereocenters. The third kappa shape index (κ3) is 5.13. The number of carboxylic acid groups (broad SMARTS) is 1. The van der Waals surface area contributed by atoms with Crippen molar-refractivity contribution >= 4 is 17.7 Å². The van der Waals surface area contributed by atoms with E-state index in [9.17, 15) is 4.79 Å². The Kier molecular flexibility index (Phi) is 6.48. The van der Waals surface area contributed by atoms with Gasteiger partial charge < -0.3 is 14.6 Å². The highest BCUT2D eigenvalue weighted by Gasteiger charge is 2.21. The second-order valence-corrected chi connectivity index (χ2v) is 6.57. The molecule has 0 spiro atoms. The minimum atomic E-state index is -0.838. The van der Waals surface area contributed by atoms with Crippen molar-refractivity contribution in [3.05, 3.63) is 5.82 Å². The Morgan fingerprint density at radius 2 is 2.05 bits per heavy atom. The Morgan fingerprint density at radius 3 is 2.55 bits per heavy atom. The number of likely N-dealkylation sites (N-methyl/N-ethyl adjacent to an activating group) is 1. The van der Waals surface area contributed by atoms with E-state index in [4.69, 9.17) is 5.11 Å². The van der Waals surface area contributed by atoms with Crippen molar-refractivity contribution in [1.29, 1.82) is 0 Å². The highest BCUT2D eigenvalue weighted by molar-refractivity contribution is 7.99. The number of carboxylic acids is 1. The molecule has 1 aromatic rings. The number of carbonyl (C=O) groups is 1. The Balaban J connectivity index is 2.98. The van der Waals surface area contributed by atoms with Crippen molar-refractivity contribution in [3.8, 4) is 0 Å². The van der Waals surface area contributed by atoms with Gasteiger partial charge in [0.25, 0.3) is 0 Å². The summed E-state index contributed by atoms with van der Waals surface area (Å²) in [5, 5.41) is 17.7. The number of aryl methyl sites for hydroxylation is 1. The molecule has 1 heterocycles. The van der Waals surface area contributed by atoms with Gasteiger partial charge in [-0.05, 0) is 33.4 Å². The van der Waals surface area contributed by atoms with Gasteiger partial charge >= 0.3 is 5.97 Å². The molecule has 0 bridgehead atoms. The molecule has 0 aromatic carbocycles. The SMILES string of the molecule is Cc1nnc(SCC(=O)O)n1C(CC(C)C)CN(C)C. The summed E-state index contributed by atoms with van der Waals surface area (Å²) in [4.78, 5) is 12.9. The fourth-order valence-electron chi connectivity index (χ4n) is 2.22. The van der Waals surface area contributed by atoms with E-state index in [2.05, 4.69) is 33.5 Å². The lowest BCUT2D eigenvalue weighted by molar-refractivity contribution is -0.133. The molecule has 0 saturated heterocycles. The first kappa shape index (κ1) is 17.0. The maximum Gasteiger partial charge on any atom is 0.313 e. The highest BCUT2D eigenvalue weighted by atomic mass is 32.2. The van der Waals surface area contributed by atoms with Gasteiger partial charge in [0.1, 0.15) is 5.82 Å². The van der Waals surface area contributed by atoms with Crippen LogP contribution in [0.2, 0.25) is 0 Å². The van der Waals surface area contributed by atoms with Crippen LogP contribution >= 0.6 is 11.8 Å². The van der Waals surface area contributed by atoms with E-state index < -0.39 is 5.97 Å². The van der Waals surface area contributed by atoms with E-state index >= 15 is 0 Å². The van der Waals surface area contributed by atoms with Crippen molar-refractivity contribution in [3.63, 3.8) is 0 Å². The molecule has 7 heteroatoms.